The van der Waals surface area contributed by atoms with Crippen LogP contribution in [0.4, 0.5) is 11.5 Å². The van der Waals surface area contributed by atoms with Crippen molar-refractivity contribution in [3.63, 3.8) is 0 Å². The number of hydrogen-bond donors (Lipinski definition) is 3. The number of hydrogen-bond acceptors (Lipinski definition) is 6. The molecule has 0 saturated carbocycles. The molecule has 1 heterocycles. The van der Waals surface area contributed by atoms with Gasteiger partial charge in [-0.25, -0.2) is 9.78 Å². The Morgan fingerprint density at radius 1 is 1.50 bits per heavy atom. The van der Waals surface area contributed by atoms with Gasteiger partial charge >= 0.3 is 11.7 Å². The highest BCUT2D eigenvalue weighted by Crippen LogP contribution is 2.22. The molecule has 0 saturated heterocycles. The van der Waals surface area contributed by atoms with Crippen molar-refractivity contribution in [3.05, 3.63) is 27.9 Å². The Morgan fingerprint density at radius 3 is 2.78 bits per heavy atom. The summed E-state index contributed by atoms with van der Waals surface area (Å²) >= 11 is 0. The summed E-state index contributed by atoms with van der Waals surface area (Å²) in [7, 11) is 0. The van der Waals surface area contributed by atoms with Crippen LogP contribution < -0.4 is 5.32 Å². The van der Waals surface area contributed by atoms with Crippen LogP contribution in [0.2, 0.25) is 0 Å². The molecule has 0 unspecified atom stereocenters. The SMILES string of the molecule is O=C(O)c1cnc(NCCCCO)c([N+](=O)[O-])c1. The van der Waals surface area contributed by atoms with E-state index in [0.29, 0.717) is 19.4 Å². The normalized spacial score (nSPS) is 10.1. The van der Waals surface area contributed by atoms with Gasteiger partial charge in [-0.3, -0.25) is 10.1 Å². The first-order chi connectivity index (χ1) is 8.56. The third-order valence-corrected chi connectivity index (χ3v) is 2.19. The lowest BCUT2D eigenvalue weighted by Gasteiger charge is -2.05. The van der Waals surface area contributed by atoms with Crippen LogP contribution in [0, 0.1) is 10.1 Å². The van der Waals surface area contributed by atoms with Gasteiger partial charge in [0.1, 0.15) is 0 Å². The molecule has 0 aromatic carbocycles. The number of rotatable bonds is 7. The van der Waals surface area contributed by atoms with Crippen LogP contribution in [0.15, 0.2) is 12.3 Å². The predicted octanol–water partition coefficient (Wildman–Crippen LogP) is 0.872. The van der Waals surface area contributed by atoms with Crippen molar-refractivity contribution in [1.29, 1.82) is 0 Å². The number of carbonyl (C=O) groups is 1. The van der Waals surface area contributed by atoms with Crippen molar-refractivity contribution in [1.82, 2.24) is 4.98 Å². The lowest BCUT2D eigenvalue weighted by molar-refractivity contribution is -0.384. The van der Waals surface area contributed by atoms with Crippen LogP contribution >= 0.6 is 0 Å². The number of nitrogens with one attached hydrogen (secondary N) is 1. The lowest BCUT2D eigenvalue weighted by atomic mass is 10.2. The molecule has 0 bridgehead atoms. The first kappa shape index (κ1) is 13.8. The molecule has 8 heteroatoms. The van der Waals surface area contributed by atoms with E-state index in [-0.39, 0.29) is 23.7 Å². The number of aliphatic hydroxyl groups excluding tert-OH is 1. The van der Waals surface area contributed by atoms with Crippen LogP contribution in [-0.4, -0.2) is 39.2 Å². The Labute approximate surface area is 102 Å². The number of aliphatic hydroxyl groups is 1. The summed E-state index contributed by atoms with van der Waals surface area (Å²) in [4.78, 5) is 24.5. The average Bonchev–Trinajstić information content (AvgIpc) is 2.34. The number of pyridine rings is 1. The highest BCUT2D eigenvalue weighted by atomic mass is 16.6. The summed E-state index contributed by atoms with van der Waals surface area (Å²) in [5, 5.41) is 30.8. The Balaban J connectivity index is 2.83. The standard InChI is InChI=1S/C10H13N3O5/c14-4-2-1-3-11-9-8(13(17)18)5-7(6-12-9)10(15)16/h5-6,14H,1-4H2,(H,11,12)(H,15,16). The van der Waals surface area contributed by atoms with E-state index in [4.69, 9.17) is 10.2 Å². The first-order valence-corrected chi connectivity index (χ1v) is 5.28. The van der Waals surface area contributed by atoms with Gasteiger partial charge in [-0.15, -0.1) is 0 Å². The number of carboxylic acid groups (broad SMARTS) is 1. The Bertz CT molecular complexity index is 449. The second-order valence-corrected chi connectivity index (χ2v) is 3.51. The summed E-state index contributed by atoms with van der Waals surface area (Å²) in [5.74, 6) is -1.24. The molecule has 0 aliphatic heterocycles. The molecular formula is C10H13N3O5. The third kappa shape index (κ3) is 3.67. The number of anilines is 1. The summed E-state index contributed by atoms with van der Waals surface area (Å²) in [5.41, 5.74) is -0.610. The summed E-state index contributed by atoms with van der Waals surface area (Å²) < 4.78 is 0. The number of aromatic carboxylic acids is 1. The van der Waals surface area contributed by atoms with Crippen molar-refractivity contribution >= 4 is 17.5 Å². The molecule has 0 radical (unpaired) electrons. The van der Waals surface area contributed by atoms with Gasteiger partial charge in [-0.2, -0.15) is 0 Å². The number of nitro groups is 1. The molecule has 0 amide bonds. The minimum absolute atomic E-state index is 0.0305. The second kappa shape index (κ2) is 6.50. The van der Waals surface area contributed by atoms with E-state index in [0.717, 1.165) is 12.3 Å². The van der Waals surface area contributed by atoms with Crippen LogP contribution in [0.3, 0.4) is 0 Å². The number of unbranched alkanes of at least 4 members (excludes halogenated alkanes) is 1. The monoisotopic (exact) mass is 255 g/mol. The van der Waals surface area contributed by atoms with Crippen LogP contribution in [-0.2, 0) is 0 Å². The maximum atomic E-state index is 10.8. The van der Waals surface area contributed by atoms with E-state index in [9.17, 15) is 14.9 Å². The highest BCUT2D eigenvalue weighted by Gasteiger charge is 2.18. The Morgan fingerprint density at radius 2 is 2.22 bits per heavy atom. The quantitative estimate of drug-likeness (QED) is 0.375. The molecule has 1 aromatic rings. The van der Waals surface area contributed by atoms with Gasteiger partial charge in [-0.1, -0.05) is 0 Å². The fourth-order valence-electron chi connectivity index (χ4n) is 1.29. The molecule has 18 heavy (non-hydrogen) atoms. The highest BCUT2D eigenvalue weighted by molar-refractivity contribution is 5.88. The van der Waals surface area contributed by atoms with Gasteiger partial charge in [0.15, 0.2) is 0 Å². The maximum absolute atomic E-state index is 10.8. The third-order valence-electron chi connectivity index (χ3n) is 2.19. The smallest absolute Gasteiger partial charge is 0.337 e. The Kier molecular flexibility index (Phi) is 5.00. The molecule has 8 nitrogen and oxygen atoms in total. The molecule has 98 valence electrons. The van der Waals surface area contributed by atoms with Crippen LogP contribution in [0.5, 0.6) is 0 Å². The zero-order valence-corrected chi connectivity index (χ0v) is 9.50. The van der Waals surface area contributed by atoms with Crippen molar-refractivity contribution < 1.29 is 19.9 Å². The molecule has 0 fully saturated rings. The largest absolute Gasteiger partial charge is 0.478 e. The van der Waals surface area contributed by atoms with E-state index in [1.807, 2.05) is 0 Å². The summed E-state index contributed by atoms with van der Waals surface area (Å²) in [6, 6.07) is 0.962. The molecule has 3 N–H and O–H groups in total. The minimum atomic E-state index is -1.27. The molecule has 0 aliphatic rings. The number of nitrogens with zero attached hydrogens (tertiary/aromatic N) is 2. The zero-order valence-electron chi connectivity index (χ0n) is 9.50. The van der Waals surface area contributed by atoms with Crippen LogP contribution in [0.1, 0.15) is 23.2 Å². The minimum Gasteiger partial charge on any atom is -0.478 e. The predicted molar refractivity (Wildman–Crippen MR) is 62.7 cm³/mol. The molecule has 1 aromatic heterocycles. The van der Waals surface area contributed by atoms with Gasteiger partial charge in [-0.05, 0) is 12.8 Å². The van der Waals surface area contributed by atoms with E-state index in [2.05, 4.69) is 10.3 Å². The molecule has 0 aliphatic carbocycles. The Hall–Kier alpha value is -2.22. The maximum Gasteiger partial charge on any atom is 0.337 e. The second-order valence-electron chi connectivity index (χ2n) is 3.51. The molecular weight excluding hydrogens is 242 g/mol. The van der Waals surface area contributed by atoms with E-state index in [1.165, 1.54) is 0 Å². The zero-order chi connectivity index (χ0) is 13.5. The van der Waals surface area contributed by atoms with E-state index < -0.39 is 10.9 Å². The number of aromatic nitrogens is 1. The fraction of sp³-hybridized carbons (Fsp3) is 0.400. The van der Waals surface area contributed by atoms with E-state index in [1.54, 1.807) is 0 Å². The molecule has 0 spiro atoms. The van der Waals surface area contributed by atoms with E-state index >= 15 is 0 Å². The van der Waals surface area contributed by atoms with Crippen LogP contribution in [0.25, 0.3) is 0 Å². The fourth-order valence-corrected chi connectivity index (χ4v) is 1.29. The molecule has 0 atom stereocenters. The van der Waals surface area contributed by atoms with Gasteiger partial charge in [0.05, 0.1) is 10.5 Å². The average molecular weight is 255 g/mol. The van der Waals surface area contributed by atoms with Gasteiger partial charge < -0.3 is 15.5 Å². The van der Waals surface area contributed by atoms with Crippen molar-refractivity contribution in [2.75, 3.05) is 18.5 Å². The van der Waals surface area contributed by atoms with Gasteiger partial charge in [0, 0.05) is 25.4 Å². The molecule has 1 rings (SSSR count). The van der Waals surface area contributed by atoms with Gasteiger partial charge in [0.25, 0.3) is 0 Å². The van der Waals surface area contributed by atoms with Gasteiger partial charge in [0.2, 0.25) is 5.82 Å². The van der Waals surface area contributed by atoms with Crippen molar-refractivity contribution in [2.24, 2.45) is 0 Å². The summed E-state index contributed by atoms with van der Waals surface area (Å²) in [6.45, 7) is 0.468. The summed E-state index contributed by atoms with van der Waals surface area (Å²) in [6.07, 6.45) is 2.27. The lowest BCUT2D eigenvalue weighted by Crippen LogP contribution is -2.08. The van der Waals surface area contributed by atoms with Crippen molar-refractivity contribution in [2.45, 2.75) is 12.8 Å². The first-order valence-electron chi connectivity index (χ1n) is 5.28. The topological polar surface area (TPSA) is 126 Å². The number of carboxylic acids is 1. The van der Waals surface area contributed by atoms with Crippen molar-refractivity contribution in [3.8, 4) is 0 Å².